The van der Waals surface area contributed by atoms with Crippen molar-refractivity contribution < 1.29 is 23.5 Å². The highest BCUT2D eigenvalue weighted by atomic mass is 35.5. The van der Waals surface area contributed by atoms with E-state index in [1.165, 1.54) is 24.1 Å². The minimum absolute atomic E-state index is 0.0400. The van der Waals surface area contributed by atoms with Gasteiger partial charge in [-0.25, -0.2) is 4.39 Å². The lowest BCUT2D eigenvalue weighted by atomic mass is 9.77. The molecule has 3 heterocycles. The average molecular weight is 352 g/mol. The van der Waals surface area contributed by atoms with Gasteiger partial charge in [0, 0.05) is 10.6 Å². The van der Waals surface area contributed by atoms with Crippen LogP contribution in [-0.2, 0) is 25.6 Å². The standard InChI is InChI=1S/C17H15ClFNO4/c1-23-16(22)13-12-5-6-17(24-12)8-20(15(21)14(13)17)7-9-10(18)3-2-4-11(9)19/h2-6,12-14H,7-8H2,1H3/t12-,13-,14-,17+/m0/s1. The summed E-state index contributed by atoms with van der Waals surface area (Å²) in [5, 5.41) is 0.266. The van der Waals surface area contributed by atoms with E-state index in [0.717, 1.165) is 0 Å². The molecule has 1 aromatic rings. The molecule has 7 heteroatoms. The molecule has 0 radical (unpaired) electrons. The van der Waals surface area contributed by atoms with Crippen LogP contribution in [0.25, 0.3) is 0 Å². The molecule has 3 aliphatic rings. The number of hydrogen-bond acceptors (Lipinski definition) is 4. The number of methoxy groups -OCH3 is 1. The number of nitrogens with zero attached hydrogens (tertiary/aromatic N) is 1. The Hall–Kier alpha value is -1.92. The molecule has 4 rings (SSSR count). The molecular weight excluding hydrogens is 337 g/mol. The number of fused-ring (bicyclic) bond motifs is 1. The number of carbonyl (C=O) groups is 2. The summed E-state index contributed by atoms with van der Waals surface area (Å²) in [5.74, 6) is -2.46. The van der Waals surface area contributed by atoms with E-state index in [1.807, 2.05) is 6.08 Å². The first-order valence-electron chi connectivity index (χ1n) is 7.63. The fourth-order valence-corrected chi connectivity index (χ4v) is 4.21. The van der Waals surface area contributed by atoms with E-state index in [4.69, 9.17) is 21.1 Å². The number of hydrogen-bond donors (Lipinski definition) is 0. The Morgan fingerprint density at radius 1 is 1.54 bits per heavy atom. The summed E-state index contributed by atoms with van der Waals surface area (Å²) in [6.07, 6.45) is 3.19. The number of ether oxygens (including phenoxy) is 2. The molecule has 0 N–H and O–H groups in total. The first-order chi connectivity index (χ1) is 11.5. The Kier molecular flexibility index (Phi) is 3.44. The van der Waals surface area contributed by atoms with Crippen LogP contribution >= 0.6 is 11.6 Å². The Balaban J connectivity index is 1.65. The van der Waals surface area contributed by atoms with E-state index in [2.05, 4.69) is 0 Å². The summed E-state index contributed by atoms with van der Waals surface area (Å²) >= 11 is 6.06. The Morgan fingerprint density at radius 2 is 2.33 bits per heavy atom. The summed E-state index contributed by atoms with van der Waals surface area (Å²) in [5.41, 5.74) is -0.574. The van der Waals surface area contributed by atoms with Gasteiger partial charge in [-0.3, -0.25) is 9.59 Å². The van der Waals surface area contributed by atoms with Crippen LogP contribution in [0.1, 0.15) is 5.56 Å². The smallest absolute Gasteiger partial charge is 0.312 e. The molecule has 0 unspecified atom stereocenters. The second-order valence-corrected chi connectivity index (χ2v) is 6.72. The summed E-state index contributed by atoms with van der Waals surface area (Å²) in [4.78, 5) is 26.4. The minimum atomic E-state index is -0.835. The molecule has 2 bridgehead atoms. The van der Waals surface area contributed by atoms with E-state index in [0.29, 0.717) is 0 Å². The predicted octanol–water partition coefficient (Wildman–Crippen LogP) is 1.93. The van der Waals surface area contributed by atoms with Crippen molar-refractivity contribution >= 4 is 23.5 Å². The minimum Gasteiger partial charge on any atom is -0.469 e. The molecule has 126 valence electrons. The van der Waals surface area contributed by atoms with Gasteiger partial charge in [-0.2, -0.15) is 0 Å². The van der Waals surface area contributed by atoms with E-state index in [-0.39, 0.29) is 29.6 Å². The predicted molar refractivity (Wildman–Crippen MR) is 82.6 cm³/mol. The fraction of sp³-hybridized carbons (Fsp3) is 0.412. The SMILES string of the molecule is COC(=O)[C@H]1[C@@H]2C=C[C@]3(CN(Cc4c(F)cccc4Cl)C(=O)[C@H]13)O2. The monoisotopic (exact) mass is 351 g/mol. The first kappa shape index (κ1) is 15.6. The van der Waals surface area contributed by atoms with Crippen LogP contribution in [0.5, 0.6) is 0 Å². The maximum Gasteiger partial charge on any atom is 0.312 e. The van der Waals surface area contributed by atoms with Crippen molar-refractivity contribution in [3.05, 3.63) is 46.8 Å². The van der Waals surface area contributed by atoms with Crippen molar-refractivity contribution in [3.8, 4) is 0 Å². The maximum absolute atomic E-state index is 14.0. The quantitative estimate of drug-likeness (QED) is 0.617. The van der Waals surface area contributed by atoms with Crippen LogP contribution in [0.2, 0.25) is 5.02 Å². The van der Waals surface area contributed by atoms with E-state index in [1.54, 1.807) is 12.1 Å². The van der Waals surface area contributed by atoms with Crippen LogP contribution in [0.4, 0.5) is 4.39 Å². The highest BCUT2D eigenvalue weighted by Gasteiger charge is 2.67. The molecular formula is C17H15ClFNO4. The molecule has 4 atom stereocenters. The molecule has 2 saturated heterocycles. The Labute approximate surface area is 143 Å². The number of amides is 1. The Bertz CT molecular complexity index is 747. The maximum atomic E-state index is 14.0. The van der Waals surface area contributed by atoms with Gasteiger partial charge in [0.1, 0.15) is 17.3 Å². The van der Waals surface area contributed by atoms with Crippen molar-refractivity contribution in [1.29, 1.82) is 0 Å². The van der Waals surface area contributed by atoms with Crippen molar-refractivity contribution in [2.24, 2.45) is 11.8 Å². The largest absolute Gasteiger partial charge is 0.469 e. The molecule has 0 saturated carbocycles. The van der Waals surface area contributed by atoms with Gasteiger partial charge in [0.25, 0.3) is 0 Å². The lowest BCUT2D eigenvalue weighted by Crippen LogP contribution is -2.39. The van der Waals surface area contributed by atoms with Crippen molar-refractivity contribution in [2.45, 2.75) is 18.2 Å². The molecule has 2 fully saturated rings. The van der Waals surface area contributed by atoms with Crippen LogP contribution < -0.4 is 0 Å². The third-order valence-corrected chi connectivity index (χ3v) is 5.42. The van der Waals surface area contributed by atoms with E-state index >= 15 is 0 Å². The molecule has 1 amide bonds. The molecule has 1 spiro atoms. The highest BCUT2D eigenvalue weighted by Crippen LogP contribution is 2.52. The third-order valence-electron chi connectivity index (χ3n) is 5.06. The zero-order valence-electron chi connectivity index (χ0n) is 12.9. The van der Waals surface area contributed by atoms with E-state index < -0.39 is 35.3 Å². The lowest BCUT2D eigenvalue weighted by molar-refractivity contribution is -0.151. The Morgan fingerprint density at radius 3 is 3.04 bits per heavy atom. The zero-order valence-corrected chi connectivity index (χ0v) is 13.6. The number of benzene rings is 1. The fourth-order valence-electron chi connectivity index (χ4n) is 3.99. The lowest BCUT2D eigenvalue weighted by Gasteiger charge is -2.22. The van der Waals surface area contributed by atoms with Crippen molar-refractivity contribution in [3.63, 3.8) is 0 Å². The van der Waals surface area contributed by atoms with Crippen LogP contribution in [0, 0.1) is 17.7 Å². The van der Waals surface area contributed by atoms with Gasteiger partial charge in [0.05, 0.1) is 32.2 Å². The van der Waals surface area contributed by atoms with Gasteiger partial charge in [-0.1, -0.05) is 29.8 Å². The molecule has 0 aromatic heterocycles. The molecule has 3 aliphatic heterocycles. The van der Waals surface area contributed by atoms with Gasteiger partial charge in [0.15, 0.2) is 0 Å². The second-order valence-electron chi connectivity index (χ2n) is 6.32. The van der Waals surface area contributed by atoms with E-state index in [9.17, 15) is 14.0 Å². The van der Waals surface area contributed by atoms with Gasteiger partial charge >= 0.3 is 5.97 Å². The second kappa shape index (κ2) is 5.29. The normalized spacial score (nSPS) is 33.2. The summed E-state index contributed by atoms with van der Waals surface area (Å²) in [6, 6.07) is 4.40. The molecule has 5 nitrogen and oxygen atoms in total. The topological polar surface area (TPSA) is 55.8 Å². The van der Waals surface area contributed by atoms with Crippen molar-refractivity contribution in [2.75, 3.05) is 13.7 Å². The zero-order chi connectivity index (χ0) is 17.1. The van der Waals surface area contributed by atoms with Crippen LogP contribution in [-0.4, -0.2) is 42.1 Å². The number of esters is 1. The third kappa shape index (κ3) is 2.03. The van der Waals surface area contributed by atoms with Gasteiger partial charge in [-0.05, 0) is 12.1 Å². The van der Waals surface area contributed by atoms with Gasteiger partial charge in [0.2, 0.25) is 5.91 Å². The number of likely N-dealkylation sites (tertiary alicyclic amines) is 1. The first-order valence-corrected chi connectivity index (χ1v) is 8.01. The highest BCUT2D eigenvalue weighted by molar-refractivity contribution is 6.31. The number of halogens is 2. The molecule has 1 aromatic carbocycles. The van der Waals surface area contributed by atoms with Gasteiger partial charge < -0.3 is 14.4 Å². The molecule has 24 heavy (non-hydrogen) atoms. The average Bonchev–Trinajstić information content (AvgIpc) is 3.19. The van der Waals surface area contributed by atoms with Gasteiger partial charge in [-0.15, -0.1) is 0 Å². The number of rotatable bonds is 3. The summed E-state index contributed by atoms with van der Waals surface area (Å²) in [6.45, 7) is 0.306. The van der Waals surface area contributed by atoms with Crippen LogP contribution in [0.15, 0.2) is 30.4 Å². The summed E-state index contributed by atoms with van der Waals surface area (Å²) < 4.78 is 24.8. The molecule has 0 aliphatic carbocycles. The van der Waals surface area contributed by atoms with Crippen molar-refractivity contribution in [1.82, 2.24) is 4.90 Å². The summed E-state index contributed by atoms with van der Waals surface area (Å²) in [7, 11) is 1.29. The van der Waals surface area contributed by atoms with Crippen LogP contribution in [0.3, 0.4) is 0 Å². The number of carbonyl (C=O) groups excluding carboxylic acids is 2.